The van der Waals surface area contributed by atoms with Crippen molar-refractivity contribution in [1.82, 2.24) is 0 Å². The summed E-state index contributed by atoms with van der Waals surface area (Å²) >= 11 is 0. The largest absolute Gasteiger partial charge is 0.497 e. The van der Waals surface area contributed by atoms with E-state index in [0.717, 1.165) is 28.7 Å². The molecule has 0 N–H and O–H groups in total. The number of methoxy groups -OCH3 is 3. The average molecular weight is 523 g/mol. The maximum Gasteiger partial charge on any atom is 0.306 e. The molecule has 3 aromatic carbocycles. The van der Waals surface area contributed by atoms with Crippen molar-refractivity contribution in [1.29, 1.82) is 0 Å². The van der Waals surface area contributed by atoms with E-state index in [4.69, 9.17) is 18.9 Å². The highest BCUT2D eigenvalue weighted by Crippen LogP contribution is 2.44. The van der Waals surface area contributed by atoms with Gasteiger partial charge in [0, 0.05) is 12.7 Å². The molecule has 0 fully saturated rings. The molecule has 38 heavy (non-hydrogen) atoms. The number of carbonyl (C=O) groups excluding carboxylic acids is 1. The molecule has 0 spiro atoms. The van der Waals surface area contributed by atoms with Gasteiger partial charge in [0.1, 0.15) is 23.9 Å². The molecule has 0 aliphatic heterocycles. The molecule has 0 aliphatic rings. The third kappa shape index (κ3) is 6.93. The summed E-state index contributed by atoms with van der Waals surface area (Å²) < 4.78 is 37.4. The van der Waals surface area contributed by atoms with E-state index in [1.54, 1.807) is 26.4 Å². The molecule has 0 unspecified atom stereocenters. The van der Waals surface area contributed by atoms with Gasteiger partial charge in [-0.1, -0.05) is 52.0 Å². The fourth-order valence-electron chi connectivity index (χ4n) is 4.58. The van der Waals surface area contributed by atoms with Crippen LogP contribution in [0.15, 0.2) is 60.7 Å². The average Bonchev–Trinajstić information content (AvgIpc) is 2.92. The van der Waals surface area contributed by atoms with Crippen molar-refractivity contribution in [3.05, 3.63) is 83.2 Å². The SMILES string of the molecule is CCC(C)(C)[C@H](OC)c1cc(COc2cccc([C@H](C)CC(=O)OC)c2)ccc1-c1cc(OC)ccc1F. The highest BCUT2D eigenvalue weighted by Gasteiger charge is 2.32. The van der Waals surface area contributed by atoms with Gasteiger partial charge in [0.15, 0.2) is 0 Å². The summed E-state index contributed by atoms with van der Waals surface area (Å²) in [6.45, 7) is 8.73. The van der Waals surface area contributed by atoms with Crippen LogP contribution >= 0.6 is 0 Å². The van der Waals surface area contributed by atoms with Crippen LogP contribution in [0.5, 0.6) is 11.5 Å². The second-order valence-electron chi connectivity index (χ2n) is 10.3. The molecule has 2 atom stereocenters. The van der Waals surface area contributed by atoms with E-state index >= 15 is 4.39 Å². The normalized spacial score (nSPS) is 13.1. The number of carbonyl (C=O) groups is 1. The van der Waals surface area contributed by atoms with Crippen molar-refractivity contribution < 1.29 is 28.1 Å². The minimum absolute atomic E-state index is 0.00776. The lowest BCUT2D eigenvalue weighted by Gasteiger charge is -2.34. The summed E-state index contributed by atoms with van der Waals surface area (Å²) in [5.41, 5.74) is 3.87. The van der Waals surface area contributed by atoms with Crippen LogP contribution in [0.1, 0.15) is 69.2 Å². The minimum Gasteiger partial charge on any atom is -0.497 e. The Kier molecular flexibility index (Phi) is 9.92. The Morgan fingerprint density at radius 2 is 1.71 bits per heavy atom. The van der Waals surface area contributed by atoms with Crippen LogP contribution in [0.2, 0.25) is 0 Å². The van der Waals surface area contributed by atoms with Gasteiger partial charge in [0.2, 0.25) is 0 Å². The first-order chi connectivity index (χ1) is 18.1. The lowest BCUT2D eigenvalue weighted by atomic mass is 9.77. The molecule has 6 heteroatoms. The third-order valence-electron chi connectivity index (χ3n) is 7.25. The fraction of sp³-hybridized carbons (Fsp3) is 0.406. The zero-order chi connectivity index (χ0) is 27.9. The van der Waals surface area contributed by atoms with Crippen molar-refractivity contribution in [2.24, 2.45) is 5.41 Å². The first-order valence-electron chi connectivity index (χ1n) is 12.9. The monoisotopic (exact) mass is 522 g/mol. The molecule has 3 aromatic rings. The molecular weight excluding hydrogens is 483 g/mol. The summed E-state index contributed by atoms with van der Waals surface area (Å²) in [7, 11) is 4.66. The van der Waals surface area contributed by atoms with E-state index in [1.165, 1.54) is 13.2 Å². The Morgan fingerprint density at radius 1 is 0.947 bits per heavy atom. The first kappa shape index (κ1) is 29.2. The molecule has 0 bridgehead atoms. The number of hydrogen-bond donors (Lipinski definition) is 0. The van der Waals surface area contributed by atoms with Gasteiger partial charge in [-0.2, -0.15) is 0 Å². The van der Waals surface area contributed by atoms with E-state index < -0.39 is 0 Å². The lowest BCUT2D eigenvalue weighted by molar-refractivity contribution is -0.140. The van der Waals surface area contributed by atoms with Gasteiger partial charge in [0.05, 0.1) is 26.7 Å². The van der Waals surface area contributed by atoms with E-state index in [1.807, 2.05) is 49.4 Å². The van der Waals surface area contributed by atoms with Crippen LogP contribution in [0.4, 0.5) is 4.39 Å². The Balaban J connectivity index is 1.95. The maximum atomic E-state index is 15.0. The molecule has 0 saturated heterocycles. The fourth-order valence-corrected chi connectivity index (χ4v) is 4.58. The first-order valence-corrected chi connectivity index (χ1v) is 12.9. The molecule has 0 radical (unpaired) electrons. The van der Waals surface area contributed by atoms with Crippen LogP contribution in [-0.2, 0) is 20.9 Å². The Bertz CT molecular complexity index is 1240. The predicted molar refractivity (Wildman–Crippen MR) is 148 cm³/mol. The predicted octanol–water partition coefficient (Wildman–Crippen LogP) is 7.87. The quantitative estimate of drug-likeness (QED) is 0.227. The number of halogens is 1. The highest BCUT2D eigenvalue weighted by molar-refractivity contribution is 5.71. The summed E-state index contributed by atoms with van der Waals surface area (Å²) in [6.07, 6.45) is 0.913. The Labute approximate surface area is 225 Å². The van der Waals surface area contributed by atoms with E-state index in [0.29, 0.717) is 30.1 Å². The van der Waals surface area contributed by atoms with Gasteiger partial charge in [-0.05, 0) is 76.4 Å². The van der Waals surface area contributed by atoms with E-state index in [9.17, 15) is 4.79 Å². The molecule has 0 amide bonds. The van der Waals surface area contributed by atoms with E-state index in [2.05, 4.69) is 20.8 Å². The summed E-state index contributed by atoms with van der Waals surface area (Å²) in [4.78, 5) is 11.7. The van der Waals surface area contributed by atoms with Gasteiger partial charge in [-0.15, -0.1) is 0 Å². The molecule has 3 rings (SSSR count). The number of benzene rings is 3. The van der Waals surface area contributed by atoms with Gasteiger partial charge in [-0.3, -0.25) is 4.79 Å². The maximum absolute atomic E-state index is 15.0. The van der Waals surface area contributed by atoms with Crippen molar-refractivity contribution in [3.8, 4) is 22.6 Å². The molecule has 0 aliphatic carbocycles. The standard InChI is InChI=1S/C32H39FO5/c1-8-32(3,4)31(37-7)28-17-22(12-14-26(28)27-19-24(35-5)13-15-29(27)33)20-38-25-11-9-10-23(18-25)21(2)16-30(34)36-6/h9-15,17-19,21,31H,8,16,20H2,1-7H3/t21-,31-/m1/s1. The van der Waals surface area contributed by atoms with Crippen molar-refractivity contribution in [3.63, 3.8) is 0 Å². The Hall–Kier alpha value is -3.38. The summed E-state index contributed by atoms with van der Waals surface area (Å²) in [6, 6.07) is 18.4. The number of hydrogen-bond acceptors (Lipinski definition) is 5. The second kappa shape index (κ2) is 12.9. The molecule has 5 nitrogen and oxygen atoms in total. The zero-order valence-electron chi connectivity index (χ0n) is 23.5. The van der Waals surface area contributed by atoms with Crippen LogP contribution in [0.3, 0.4) is 0 Å². The molecule has 204 valence electrons. The highest BCUT2D eigenvalue weighted by atomic mass is 19.1. The molecule has 0 heterocycles. The van der Waals surface area contributed by atoms with Gasteiger partial charge in [0.25, 0.3) is 0 Å². The zero-order valence-corrected chi connectivity index (χ0v) is 23.5. The topological polar surface area (TPSA) is 54.0 Å². The number of esters is 1. The van der Waals surface area contributed by atoms with Gasteiger partial charge >= 0.3 is 5.97 Å². The second-order valence-corrected chi connectivity index (χ2v) is 10.3. The number of ether oxygens (including phenoxy) is 4. The molecule has 0 aromatic heterocycles. The minimum atomic E-state index is -0.321. The van der Waals surface area contributed by atoms with Gasteiger partial charge in [-0.25, -0.2) is 4.39 Å². The lowest BCUT2D eigenvalue weighted by Crippen LogP contribution is -2.24. The smallest absolute Gasteiger partial charge is 0.306 e. The van der Waals surface area contributed by atoms with Gasteiger partial charge < -0.3 is 18.9 Å². The molecule has 0 saturated carbocycles. The van der Waals surface area contributed by atoms with Crippen molar-refractivity contribution in [2.75, 3.05) is 21.3 Å². The van der Waals surface area contributed by atoms with E-state index in [-0.39, 0.29) is 29.2 Å². The third-order valence-corrected chi connectivity index (χ3v) is 7.25. The van der Waals surface area contributed by atoms with Crippen molar-refractivity contribution >= 4 is 5.97 Å². The van der Waals surface area contributed by atoms with Crippen LogP contribution in [0.25, 0.3) is 11.1 Å². The summed E-state index contributed by atoms with van der Waals surface area (Å²) in [5, 5.41) is 0. The molecular formula is C32H39FO5. The van der Waals surface area contributed by atoms with Crippen LogP contribution in [-0.4, -0.2) is 27.3 Å². The van der Waals surface area contributed by atoms with Crippen LogP contribution < -0.4 is 9.47 Å². The van der Waals surface area contributed by atoms with Crippen LogP contribution in [0, 0.1) is 11.2 Å². The van der Waals surface area contributed by atoms with Crippen molar-refractivity contribution in [2.45, 2.75) is 59.2 Å². The number of rotatable bonds is 12. The Morgan fingerprint density at radius 3 is 2.37 bits per heavy atom. The summed E-state index contributed by atoms with van der Waals surface area (Å²) in [5.74, 6) is 0.740.